The molecule has 0 aliphatic carbocycles. The quantitative estimate of drug-likeness (QED) is 0.565. The molecule has 0 radical (unpaired) electrons. The van der Waals surface area contributed by atoms with Crippen molar-refractivity contribution in [2.24, 2.45) is 0 Å². The van der Waals surface area contributed by atoms with Crippen molar-refractivity contribution in [3.63, 3.8) is 0 Å². The maximum Gasteiger partial charge on any atom is 0.0226 e. The van der Waals surface area contributed by atoms with Gasteiger partial charge >= 0.3 is 0 Å². The monoisotopic (exact) mass is 173 g/mol. The highest BCUT2D eigenvalue weighted by Crippen LogP contribution is 2.25. The predicted octanol–water partition coefficient (Wildman–Crippen LogP) is 2.97. The van der Waals surface area contributed by atoms with E-state index in [4.69, 9.17) is 0 Å². The van der Waals surface area contributed by atoms with Crippen LogP contribution in [-0.2, 0) is 0 Å². The summed E-state index contributed by atoms with van der Waals surface area (Å²) in [7, 11) is 0. The van der Waals surface area contributed by atoms with Gasteiger partial charge in [0.05, 0.1) is 0 Å². The Morgan fingerprint density at radius 2 is 2.09 bits per heavy atom. The molecule has 1 atom stereocenters. The Kier molecular flexibility index (Phi) is 3.26. The molecule has 0 aromatic rings. The highest BCUT2D eigenvalue weighted by Gasteiger charge is 2.20. The van der Waals surface area contributed by atoms with Crippen LogP contribution in [0.4, 0.5) is 0 Å². The van der Waals surface area contributed by atoms with Gasteiger partial charge in [-0.2, -0.15) is 0 Å². The van der Waals surface area contributed by atoms with Gasteiger partial charge in [0.1, 0.15) is 0 Å². The first-order chi connectivity index (χ1) is 5.10. The molecule has 0 bridgehead atoms. The van der Waals surface area contributed by atoms with E-state index in [1.807, 2.05) is 11.9 Å². The van der Waals surface area contributed by atoms with E-state index in [1.165, 1.54) is 25.7 Å². The van der Waals surface area contributed by atoms with E-state index in [0.717, 1.165) is 5.25 Å². The van der Waals surface area contributed by atoms with Gasteiger partial charge in [0, 0.05) is 10.8 Å². The van der Waals surface area contributed by atoms with Crippen LogP contribution in [0, 0.1) is 0 Å². The molecule has 11 heavy (non-hydrogen) atoms. The highest BCUT2D eigenvalue weighted by molar-refractivity contribution is 7.98. The standard InChI is InChI=1S/C9H19NS/c1-8-6-4-5-7-9(2,3)10-11-8/h8,10H,4-7H2,1-3H3. The normalized spacial score (nSPS) is 32.5. The third-order valence-corrected chi connectivity index (χ3v) is 3.51. The Hall–Kier alpha value is 0.310. The maximum atomic E-state index is 3.53. The smallest absolute Gasteiger partial charge is 0.0226 e. The van der Waals surface area contributed by atoms with E-state index in [0.29, 0.717) is 5.54 Å². The molecule has 1 N–H and O–H groups in total. The average Bonchev–Trinajstić information content (AvgIpc) is 1.92. The van der Waals surface area contributed by atoms with Crippen molar-refractivity contribution < 1.29 is 0 Å². The molecule has 1 nitrogen and oxygen atoms in total. The van der Waals surface area contributed by atoms with Crippen LogP contribution >= 0.6 is 11.9 Å². The van der Waals surface area contributed by atoms with Gasteiger partial charge in [-0.25, -0.2) is 0 Å². The van der Waals surface area contributed by atoms with Gasteiger partial charge in [0.25, 0.3) is 0 Å². The third-order valence-electron chi connectivity index (χ3n) is 2.20. The Balaban J connectivity index is 2.38. The van der Waals surface area contributed by atoms with Crippen molar-refractivity contribution in [2.75, 3.05) is 0 Å². The fourth-order valence-electron chi connectivity index (χ4n) is 1.37. The molecule has 0 amide bonds. The van der Waals surface area contributed by atoms with Crippen molar-refractivity contribution in [2.45, 2.75) is 57.2 Å². The summed E-state index contributed by atoms with van der Waals surface area (Å²) in [6.07, 6.45) is 5.46. The van der Waals surface area contributed by atoms with Gasteiger partial charge in [-0.1, -0.05) is 31.7 Å². The van der Waals surface area contributed by atoms with E-state index in [9.17, 15) is 0 Å². The van der Waals surface area contributed by atoms with Crippen molar-refractivity contribution in [3.8, 4) is 0 Å². The second-order valence-corrected chi connectivity index (χ2v) is 5.40. The van der Waals surface area contributed by atoms with Gasteiger partial charge < -0.3 is 0 Å². The zero-order valence-electron chi connectivity index (χ0n) is 7.81. The van der Waals surface area contributed by atoms with Crippen molar-refractivity contribution in [1.82, 2.24) is 4.72 Å². The Morgan fingerprint density at radius 3 is 2.82 bits per heavy atom. The van der Waals surface area contributed by atoms with Crippen molar-refractivity contribution in [1.29, 1.82) is 0 Å². The van der Waals surface area contributed by atoms with Crippen LogP contribution in [-0.4, -0.2) is 10.8 Å². The fourth-order valence-corrected chi connectivity index (χ4v) is 2.28. The molecule has 1 aliphatic rings. The van der Waals surface area contributed by atoms with E-state index in [1.54, 1.807) is 0 Å². The molecule has 1 saturated heterocycles. The second-order valence-electron chi connectivity index (χ2n) is 4.16. The predicted molar refractivity (Wildman–Crippen MR) is 52.7 cm³/mol. The summed E-state index contributed by atoms with van der Waals surface area (Å²) in [6.45, 7) is 6.88. The molecule has 0 spiro atoms. The van der Waals surface area contributed by atoms with Crippen LogP contribution in [0.15, 0.2) is 0 Å². The van der Waals surface area contributed by atoms with Crippen LogP contribution < -0.4 is 4.72 Å². The molecular formula is C9H19NS. The fraction of sp³-hybridized carbons (Fsp3) is 1.00. The number of hydrogen-bond acceptors (Lipinski definition) is 2. The summed E-state index contributed by atoms with van der Waals surface area (Å²) < 4.78 is 3.53. The number of hydrogen-bond donors (Lipinski definition) is 1. The molecule has 0 aromatic heterocycles. The van der Waals surface area contributed by atoms with E-state index in [2.05, 4.69) is 25.5 Å². The highest BCUT2D eigenvalue weighted by atomic mass is 32.2. The van der Waals surface area contributed by atoms with Gasteiger partial charge in [0.15, 0.2) is 0 Å². The minimum absolute atomic E-state index is 0.347. The van der Waals surface area contributed by atoms with Crippen molar-refractivity contribution >= 4 is 11.9 Å². The first kappa shape index (κ1) is 9.40. The lowest BCUT2D eigenvalue weighted by Gasteiger charge is -2.29. The third kappa shape index (κ3) is 3.48. The molecule has 1 unspecified atom stereocenters. The summed E-state index contributed by atoms with van der Waals surface area (Å²) in [5.74, 6) is 0. The van der Waals surface area contributed by atoms with Crippen molar-refractivity contribution in [3.05, 3.63) is 0 Å². The zero-order chi connectivity index (χ0) is 8.32. The minimum atomic E-state index is 0.347. The summed E-state index contributed by atoms with van der Waals surface area (Å²) in [5, 5.41) is 0.787. The number of nitrogens with one attached hydrogen (secondary N) is 1. The lowest BCUT2D eigenvalue weighted by Crippen LogP contribution is -2.36. The van der Waals surface area contributed by atoms with Crippen LogP contribution in [0.5, 0.6) is 0 Å². The Labute approximate surface area is 74.5 Å². The summed E-state index contributed by atoms with van der Waals surface area (Å²) >= 11 is 1.91. The van der Waals surface area contributed by atoms with Gasteiger partial charge in [-0.05, 0) is 26.7 Å². The van der Waals surface area contributed by atoms with E-state index in [-0.39, 0.29) is 0 Å². The topological polar surface area (TPSA) is 12.0 Å². The molecule has 1 rings (SSSR count). The van der Waals surface area contributed by atoms with Gasteiger partial charge in [0.2, 0.25) is 0 Å². The van der Waals surface area contributed by atoms with E-state index < -0.39 is 0 Å². The molecule has 1 aliphatic heterocycles. The zero-order valence-corrected chi connectivity index (χ0v) is 8.63. The SMILES string of the molecule is CC1CCCCC(C)(C)NS1. The maximum absolute atomic E-state index is 3.53. The first-order valence-electron chi connectivity index (χ1n) is 4.53. The van der Waals surface area contributed by atoms with Crippen LogP contribution in [0.2, 0.25) is 0 Å². The van der Waals surface area contributed by atoms with Crippen LogP contribution in [0.25, 0.3) is 0 Å². The molecular weight excluding hydrogens is 154 g/mol. The summed E-state index contributed by atoms with van der Waals surface area (Å²) in [4.78, 5) is 0. The molecule has 0 saturated carbocycles. The second kappa shape index (κ2) is 3.81. The Morgan fingerprint density at radius 1 is 1.36 bits per heavy atom. The Bertz CT molecular complexity index is 123. The lowest BCUT2D eigenvalue weighted by molar-refractivity contribution is 0.408. The molecule has 1 fully saturated rings. The summed E-state index contributed by atoms with van der Waals surface area (Å²) in [5.41, 5.74) is 0.347. The molecule has 0 aromatic carbocycles. The molecule has 2 heteroatoms. The average molecular weight is 173 g/mol. The van der Waals surface area contributed by atoms with E-state index >= 15 is 0 Å². The largest absolute Gasteiger partial charge is 0.258 e. The van der Waals surface area contributed by atoms with Gasteiger partial charge in [-0.15, -0.1) is 0 Å². The number of rotatable bonds is 0. The van der Waals surface area contributed by atoms with Gasteiger partial charge in [-0.3, -0.25) is 4.72 Å². The van der Waals surface area contributed by atoms with Crippen LogP contribution in [0.1, 0.15) is 46.5 Å². The molecule has 66 valence electrons. The molecule has 1 heterocycles. The first-order valence-corrected chi connectivity index (χ1v) is 5.41. The van der Waals surface area contributed by atoms with Crippen LogP contribution in [0.3, 0.4) is 0 Å². The lowest BCUT2D eigenvalue weighted by atomic mass is 9.98. The summed E-state index contributed by atoms with van der Waals surface area (Å²) in [6, 6.07) is 0. The minimum Gasteiger partial charge on any atom is -0.258 e.